The maximum absolute atomic E-state index is 13.0. The number of amides is 1. The first kappa shape index (κ1) is 16.3. The van der Waals surface area contributed by atoms with Crippen LogP contribution < -0.4 is 11.1 Å². The average Bonchev–Trinajstić information content (AvgIpc) is 3.01. The van der Waals surface area contributed by atoms with Crippen LogP contribution in [0.1, 0.15) is 35.2 Å². The number of hydrogen-bond donors (Lipinski definition) is 2. The lowest BCUT2D eigenvalue weighted by Crippen LogP contribution is -2.26. The van der Waals surface area contributed by atoms with Gasteiger partial charge in [0.2, 0.25) is 0 Å². The molecule has 5 rings (SSSR count). The summed E-state index contributed by atoms with van der Waals surface area (Å²) in [6.07, 6.45) is 6.91. The fourth-order valence-corrected chi connectivity index (χ4v) is 4.32. The largest absolute Gasteiger partial charge is 0.383 e. The third-order valence-corrected chi connectivity index (χ3v) is 5.98. The molecule has 0 saturated heterocycles. The number of fused-ring (bicyclic) bond motifs is 2. The van der Waals surface area contributed by atoms with Gasteiger partial charge in [-0.15, -0.1) is 0 Å². The van der Waals surface area contributed by atoms with Crippen LogP contribution in [0.3, 0.4) is 0 Å². The van der Waals surface area contributed by atoms with Crippen LogP contribution in [0.25, 0.3) is 11.0 Å². The van der Waals surface area contributed by atoms with Crippen LogP contribution in [0.2, 0.25) is 0 Å². The molecule has 7 nitrogen and oxygen atoms in total. The fourth-order valence-electron chi connectivity index (χ4n) is 4.32. The molecule has 1 aromatic carbocycles. The molecule has 2 fully saturated rings. The minimum atomic E-state index is -0.201. The highest BCUT2D eigenvalue weighted by Crippen LogP contribution is 2.66. The molecule has 0 bridgehead atoms. The Morgan fingerprint density at radius 1 is 1.37 bits per heavy atom. The van der Waals surface area contributed by atoms with E-state index in [0.29, 0.717) is 29.3 Å². The highest BCUT2D eigenvalue weighted by atomic mass is 16.5. The second-order valence-corrected chi connectivity index (χ2v) is 7.50. The monoisotopic (exact) mass is 363 g/mol. The number of benzene rings is 1. The number of anilines is 2. The number of methoxy groups -OCH3 is 1. The van der Waals surface area contributed by atoms with Crippen molar-refractivity contribution in [2.75, 3.05) is 18.2 Å². The van der Waals surface area contributed by atoms with Gasteiger partial charge in [-0.2, -0.15) is 0 Å². The first-order valence-electron chi connectivity index (χ1n) is 9.13. The molecule has 0 aliphatic heterocycles. The second kappa shape index (κ2) is 5.79. The Bertz CT molecular complexity index is 1040. The number of nitrogens with two attached hydrogens (primary N) is 1. The van der Waals surface area contributed by atoms with Crippen LogP contribution in [0, 0.1) is 5.92 Å². The number of nitrogens with one attached hydrogen (secondary N) is 1. The van der Waals surface area contributed by atoms with Crippen LogP contribution in [-0.4, -0.2) is 27.6 Å². The zero-order valence-electron chi connectivity index (χ0n) is 15.1. The molecule has 0 radical (unpaired) electrons. The van der Waals surface area contributed by atoms with Crippen LogP contribution in [0.5, 0.6) is 0 Å². The van der Waals surface area contributed by atoms with Crippen molar-refractivity contribution < 1.29 is 9.53 Å². The first-order chi connectivity index (χ1) is 13.1. The van der Waals surface area contributed by atoms with Gasteiger partial charge in [-0.1, -0.05) is 12.1 Å². The van der Waals surface area contributed by atoms with Gasteiger partial charge in [-0.05, 0) is 42.9 Å². The highest BCUT2D eigenvalue weighted by molar-refractivity contribution is 6.14. The van der Waals surface area contributed by atoms with Crippen molar-refractivity contribution in [3.8, 4) is 0 Å². The third kappa shape index (κ3) is 2.42. The summed E-state index contributed by atoms with van der Waals surface area (Å²) in [5, 5.41) is 3.59. The standard InChI is InChI=1S/C20H21N5O2/c1-27-10-12-2-4-14(5-3-12)24-19(26)15-9-25(20-7-6-13(20)8-20)18-16(15)17(21)22-11-23-18/h2-5,9,11,13H,6-8,10H2,1H3,(H,24,26)(H2,21,22,23). The summed E-state index contributed by atoms with van der Waals surface area (Å²) in [5.41, 5.74) is 9.30. The molecule has 7 heteroatoms. The van der Waals surface area contributed by atoms with E-state index in [0.717, 1.165) is 29.7 Å². The Labute approximate surface area is 156 Å². The number of nitrogen functional groups attached to an aromatic ring is 1. The van der Waals surface area contributed by atoms with Gasteiger partial charge in [0.05, 0.1) is 17.6 Å². The van der Waals surface area contributed by atoms with E-state index >= 15 is 0 Å². The van der Waals surface area contributed by atoms with Crippen molar-refractivity contribution in [2.24, 2.45) is 5.92 Å². The van der Waals surface area contributed by atoms with Gasteiger partial charge < -0.3 is 20.4 Å². The van der Waals surface area contributed by atoms with Gasteiger partial charge in [-0.25, -0.2) is 9.97 Å². The maximum Gasteiger partial charge on any atom is 0.258 e. The van der Waals surface area contributed by atoms with Crippen LogP contribution in [0.4, 0.5) is 11.5 Å². The van der Waals surface area contributed by atoms with E-state index in [4.69, 9.17) is 10.5 Å². The van der Waals surface area contributed by atoms with Gasteiger partial charge in [0.25, 0.3) is 5.91 Å². The number of aromatic nitrogens is 3. The minimum Gasteiger partial charge on any atom is -0.383 e. The number of rotatable bonds is 5. The number of carbonyl (C=O) groups is 1. The molecular formula is C20H21N5O2. The quantitative estimate of drug-likeness (QED) is 0.727. The van der Waals surface area contributed by atoms with Crippen molar-refractivity contribution in [2.45, 2.75) is 31.4 Å². The fraction of sp³-hybridized carbons (Fsp3) is 0.350. The average molecular weight is 363 g/mol. The first-order valence-corrected chi connectivity index (χ1v) is 9.13. The lowest BCUT2D eigenvalue weighted by molar-refractivity contribution is 0.102. The van der Waals surface area contributed by atoms with Gasteiger partial charge >= 0.3 is 0 Å². The SMILES string of the molecule is COCc1ccc(NC(=O)c2cn(C34CCC3C4)c3ncnc(N)c23)cc1. The van der Waals surface area contributed by atoms with Crippen LogP contribution >= 0.6 is 0 Å². The summed E-state index contributed by atoms with van der Waals surface area (Å²) in [5.74, 6) is 0.841. The van der Waals surface area contributed by atoms with Crippen LogP contribution in [0.15, 0.2) is 36.8 Å². The summed E-state index contributed by atoms with van der Waals surface area (Å²) in [4.78, 5) is 21.5. The smallest absolute Gasteiger partial charge is 0.258 e. The van der Waals surface area contributed by atoms with Crippen molar-refractivity contribution in [3.05, 3.63) is 47.9 Å². The van der Waals surface area contributed by atoms with Crippen molar-refractivity contribution in [3.63, 3.8) is 0 Å². The Balaban J connectivity index is 1.50. The molecular weight excluding hydrogens is 342 g/mol. The molecule has 2 unspecified atom stereocenters. The molecule has 2 saturated carbocycles. The summed E-state index contributed by atoms with van der Waals surface area (Å²) in [7, 11) is 1.66. The molecule has 2 aliphatic carbocycles. The van der Waals surface area contributed by atoms with Crippen molar-refractivity contribution in [1.29, 1.82) is 0 Å². The van der Waals surface area contributed by atoms with Gasteiger partial charge in [0.1, 0.15) is 17.8 Å². The van der Waals surface area contributed by atoms with Gasteiger partial charge in [-0.3, -0.25) is 4.79 Å². The predicted molar refractivity (Wildman–Crippen MR) is 102 cm³/mol. The van der Waals surface area contributed by atoms with Gasteiger partial charge in [0.15, 0.2) is 0 Å². The molecule has 0 spiro atoms. The summed E-state index contributed by atoms with van der Waals surface area (Å²) in [6.45, 7) is 0.541. The van der Waals surface area contributed by atoms with E-state index in [1.54, 1.807) is 7.11 Å². The Morgan fingerprint density at radius 2 is 2.19 bits per heavy atom. The summed E-state index contributed by atoms with van der Waals surface area (Å²) >= 11 is 0. The summed E-state index contributed by atoms with van der Waals surface area (Å²) in [6, 6.07) is 7.60. The van der Waals surface area contributed by atoms with E-state index in [2.05, 4.69) is 19.9 Å². The van der Waals surface area contributed by atoms with Gasteiger partial charge in [0, 0.05) is 24.5 Å². The van der Waals surface area contributed by atoms with E-state index in [1.165, 1.54) is 12.7 Å². The summed E-state index contributed by atoms with van der Waals surface area (Å²) < 4.78 is 7.27. The third-order valence-electron chi connectivity index (χ3n) is 5.98. The molecule has 2 atom stereocenters. The minimum absolute atomic E-state index is 0.138. The Kier molecular flexibility index (Phi) is 3.48. The number of hydrogen-bond acceptors (Lipinski definition) is 5. The lowest BCUT2D eigenvalue weighted by Gasteiger charge is -2.27. The molecule has 27 heavy (non-hydrogen) atoms. The van der Waals surface area contributed by atoms with E-state index in [9.17, 15) is 4.79 Å². The second-order valence-electron chi connectivity index (χ2n) is 7.50. The van der Waals surface area contributed by atoms with E-state index < -0.39 is 0 Å². The normalized spacial score (nSPS) is 22.9. The van der Waals surface area contributed by atoms with E-state index in [-0.39, 0.29) is 11.4 Å². The lowest BCUT2D eigenvalue weighted by atomic mass is 9.93. The Hall–Kier alpha value is -2.93. The van der Waals surface area contributed by atoms with Crippen molar-refractivity contribution in [1.82, 2.24) is 14.5 Å². The van der Waals surface area contributed by atoms with E-state index in [1.807, 2.05) is 30.5 Å². The predicted octanol–water partition coefficient (Wildman–Crippen LogP) is 2.92. The number of nitrogens with zero attached hydrogens (tertiary/aromatic N) is 3. The van der Waals surface area contributed by atoms with Crippen LogP contribution in [-0.2, 0) is 16.9 Å². The maximum atomic E-state index is 13.0. The molecule has 2 aliphatic rings. The molecule has 2 aromatic heterocycles. The molecule has 3 aromatic rings. The number of ether oxygens (including phenoxy) is 1. The topological polar surface area (TPSA) is 95.1 Å². The molecule has 138 valence electrons. The molecule has 3 N–H and O–H groups in total. The zero-order chi connectivity index (χ0) is 18.6. The molecule has 2 heterocycles. The number of carbonyl (C=O) groups excluding carboxylic acids is 1. The molecule has 1 amide bonds. The Morgan fingerprint density at radius 3 is 2.81 bits per heavy atom. The van der Waals surface area contributed by atoms with Crippen molar-refractivity contribution >= 4 is 28.4 Å². The highest BCUT2D eigenvalue weighted by Gasteiger charge is 2.63. The zero-order valence-corrected chi connectivity index (χ0v) is 15.1.